The Kier molecular flexibility index (Phi) is 5.05. The lowest BCUT2D eigenvalue weighted by atomic mass is 9.92. The number of anilines is 1. The van der Waals surface area contributed by atoms with Crippen LogP contribution in [0.3, 0.4) is 0 Å². The molecule has 0 fully saturated rings. The SMILES string of the molecule is CC(C)c1cccc(C(C)C)c1NC(=O)C1Cc2cc(Cl)ccc2O1. The Morgan fingerprint density at radius 3 is 2.36 bits per heavy atom. The number of carbonyl (C=O) groups is 1. The molecular formula is C21H24ClNO2. The van der Waals surface area contributed by atoms with E-state index in [1.165, 1.54) is 0 Å². The number of amides is 1. The van der Waals surface area contributed by atoms with E-state index in [4.69, 9.17) is 16.3 Å². The van der Waals surface area contributed by atoms with E-state index >= 15 is 0 Å². The number of carbonyl (C=O) groups excluding carboxylic acids is 1. The van der Waals surface area contributed by atoms with Gasteiger partial charge in [0.2, 0.25) is 0 Å². The minimum absolute atomic E-state index is 0.109. The fourth-order valence-electron chi connectivity index (χ4n) is 3.26. The molecular weight excluding hydrogens is 334 g/mol. The molecule has 0 saturated carbocycles. The van der Waals surface area contributed by atoms with E-state index in [-0.39, 0.29) is 5.91 Å². The van der Waals surface area contributed by atoms with Gasteiger partial charge in [-0.15, -0.1) is 0 Å². The second-order valence-corrected chi connectivity index (χ2v) is 7.61. The van der Waals surface area contributed by atoms with E-state index in [0.29, 0.717) is 23.3 Å². The smallest absolute Gasteiger partial charge is 0.265 e. The van der Waals surface area contributed by atoms with Crippen molar-refractivity contribution in [1.29, 1.82) is 0 Å². The molecule has 2 aromatic rings. The Bertz CT molecular complexity index is 772. The Morgan fingerprint density at radius 1 is 1.12 bits per heavy atom. The van der Waals surface area contributed by atoms with Gasteiger partial charge in [-0.05, 0) is 46.7 Å². The zero-order valence-corrected chi connectivity index (χ0v) is 15.9. The molecule has 1 N–H and O–H groups in total. The quantitative estimate of drug-likeness (QED) is 0.781. The second-order valence-electron chi connectivity index (χ2n) is 7.17. The number of benzene rings is 2. The van der Waals surface area contributed by atoms with E-state index < -0.39 is 6.10 Å². The fraction of sp³-hybridized carbons (Fsp3) is 0.381. The van der Waals surface area contributed by atoms with E-state index in [2.05, 4.69) is 51.2 Å². The summed E-state index contributed by atoms with van der Waals surface area (Å²) in [5, 5.41) is 3.80. The lowest BCUT2D eigenvalue weighted by molar-refractivity contribution is -0.122. The predicted molar refractivity (Wildman–Crippen MR) is 103 cm³/mol. The zero-order chi connectivity index (χ0) is 18.1. The Labute approximate surface area is 154 Å². The number of hydrogen-bond acceptors (Lipinski definition) is 2. The average molecular weight is 358 g/mol. The molecule has 1 aliphatic rings. The monoisotopic (exact) mass is 357 g/mol. The van der Waals surface area contributed by atoms with Crippen LogP contribution in [0.1, 0.15) is 56.2 Å². The number of para-hydroxylation sites is 1. The molecule has 132 valence electrons. The third kappa shape index (κ3) is 3.67. The van der Waals surface area contributed by atoms with Crippen LogP contribution in [0.2, 0.25) is 5.02 Å². The Hall–Kier alpha value is -2.00. The van der Waals surface area contributed by atoms with Crippen molar-refractivity contribution in [2.75, 3.05) is 5.32 Å². The van der Waals surface area contributed by atoms with Gasteiger partial charge in [0, 0.05) is 17.1 Å². The summed E-state index contributed by atoms with van der Waals surface area (Å²) in [5.41, 5.74) is 4.21. The summed E-state index contributed by atoms with van der Waals surface area (Å²) in [6.07, 6.45) is 0.0245. The summed E-state index contributed by atoms with van der Waals surface area (Å²) in [6, 6.07) is 11.7. The Morgan fingerprint density at radius 2 is 1.76 bits per heavy atom. The van der Waals surface area contributed by atoms with Gasteiger partial charge in [0.1, 0.15) is 5.75 Å². The van der Waals surface area contributed by atoms with Gasteiger partial charge in [-0.3, -0.25) is 4.79 Å². The van der Waals surface area contributed by atoms with Gasteiger partial charge in [-0.1, -0.05) is 57.5 Å². The van der Waals surface area contributed by atoms with Crippen LogP contribution in [0.5, 0.6) is 5.75 Å². The third-order valence-corrected chi connectivity index (χ3v) is 4.85. The molecule has 0 spiro atoms. The molecule has 1 amide bonds. The lowest BCUT2D eigenvalue weighted by Gasteiger charge is -2.21. The van der Waals surface area contributed by atoms with Gasteiger partial charge in [-0.2, -0.15) is 0 Å². The van der Waals surface area contributed by atoms with Crippen LogP contribution in [0, 0.1) is 0 Å². The molecule has 3 rings (SSSR count). The zero-order valence-electron chi connectivity index (χ0n) is 15.1. The normalized spacial score (nSPS) is 16.0. The maximum Gasteiger partial charge on any atom is 0.265 e. The molecule has 1 heterocycles. The first-order chi connectivity index (χ1) is 11.9. The van der Waals surface area contributed by atoms with Gasteiger partial charge < -0.3 is 10.1 Å². The van der Waals surface area contributed by atoms with Crippen molar-refractivity contribution < 1.29 is 9.53 Å². The summed E-state index contributed by atoms with van der Waals surface area (Å²) in [4.78, 5) is 12.8. The van der Waals surface area contributed by atoms with Crippen LogP contribution < -0.4 is 10.1 Å². The van der Waals surface area contributed by atoms with Crippen LogP contribution >= 0.6 is 11.6 Å². The van der Waals surface area contributed by atoms with Crippen LogP contribution in [0.4, 0.5) is 5.69 Å². The summed E-state index contributed by atoms with van der Waals surface area (Å²) < 4.78 is 5.83. The van der Waals surface area contributed by atoms with Crippen molar-refractivity contribution in [3.05, 3.63) is 58.1 Å². The van der Waals surface area contributed by atoms with Gasteiger partial charge in [0.25, 0.3) is 5.91 Å². The van der Waals surface area contributed by atoms with Crippen molar-refractivity contribution in [3.8, 4) is 5.75 Å². The molecule has 3 nitrogen and oxygen atoms in total. The molecule has 25 heavy (non-hydrogen) atoms. The van der Waals surface area contributed by atoms with Gasteiger partial charge >= 0.3 is 0 Å². The molecule has 1 atom stereocenters. The summed E-state index contributed by atoms with van der Waals surface area (Å²) in [6.45, 7) is 8.55. The maximum atomic E-state index is 12.8. The van der Waals surface area contributed by atoms with E-state index in [1.807, 2.05) is 12.1 Å². The summed E-state index contributed by atoms with van der Waals surface area (Å²) in [7, 11) is 0. The number of hydrogen-bond donors (Lipinski definition) is 1. The molecule has 0 aliphatic carbocycles. The minimum atomic E-state index is -0.520. The van der Waals surface area contributed by atoms with Crippen molar-refractivity contribution in [3.63, 3.8) is 0 Å². The molecule has 0 bridgehead atoms. The first-order valence-electron chi connectivity index (χ1n) is 8.75. The van der Waals surface area contributed by atoms with E-state index in [1.54, 1.807) is 6.07 Å². The Balaban J connectivity index is 1.85. The highest BCUT2D eigenvalue weighted by atomic mass is 35.5. The van der Waals surface area contributed by atoms with E-state index in [0.717, 1.165) is 28.1 Å². The molecule has 2 aromatic carbocycles. The van der Waals surface area contributed by atoms with Crippen molar-refractivity contribution in [2.24, 2.45) is 0 Å². The fourth-order valence-corrected chi connectivity index (χ4v) is 3.46. The molecule has 0 saturated heterocycles. The number of nitrogens with one attached hydrogen (secondary N) is 1. The van der Waals surface area contributed by atoms with Crippen LogP contribution in [-0.2, 0) is 11.2 Å². The topological polar surface area (TPSA) is 38.3 Å². The van der Waals surface area contributed by atoms with Crippen molar-refractivity contribution >= 4 is 23.2 Å². The highest BCUT2D eigenvalue weighted by Gasteiger charge is 2.30. The number of rotatable bonds is 4. The third-order valence-electron chi connectivity index (χ3n) is 4.61. The largest absolute Gasteiger partial charge is 0.480 e. The first kappa shape index (κ1) is 17.8. The van der Waals surface area contributed by atoms with Gasteiger partial charge in [-0.25, -0.2) is 0 Å². The number of ether oxygens (including phenoxy) is 1. The molecule has 4 heteroatoms. The summed E-state index contributed by atoms with van der Waals surface area (Å²) >= 11 is 6.04. The lowest BCUT2D eigenvalue weighted by Crippen LogP contribution is -2.32. The predicted octanol–water partition coefficient (Wildman–Crippen LogP) is 5.53. The molecule has 0 aromatic heterocycles. The van der Waals surface area contributed by atoms with Gasteiger partial charge in [0.05, 0.1) is 0 Å². The van der Waals surface area contributed by atoms with Gasteiger partial charge in [0.15, 0.2) is 6.10 Å². The van der Waals surface area contributed by atoms with Crippen LogP contribution in [0.25, 0.3) is 0 Å². The molecule has 1 aliphatic heterocycles. The highest BCUT2D eigenvalue weighted by molar-refractivity contribution is 6.30. The van der Waals surface area contributed by atoms with Crippen molar-refractivity contribution in [1.82, 2.24) is 0 Å². The van der Waals surface area contributed by atoms with Crippen molar-refractivity contribution in [2.45, 2.75) is 52.1 Å². The number of fused-ring (bicyclic) bond motifs is 1. The highest BCUT2D eigenvalue weighted by Crippen LogP contribution is 2.34. The molecule has 1 unspecified atom stereocenters. The maximum absolute atomic E-state index is 12.8. The molecule has 0 radical (unpaired) electrons. The van der Waals surface area contributed by atoms with E-state index in [9.17, 15) is 4.79 Å². The summed E-state index contributed by atoms with van der Waals surface area (Å²) in [5.74, 6) is 1.29. The average Bonchev–Trinajstić information content (AvgIpc) is 2.97. The first-order valence-corrected chi connectivity index (χ1v) is 9.13. The standard InChI is InChI=1S/C21H24ClNO2/c1-12(2)16-6-5-7-17(13(3)4)20(16)23-21(24)19-11-14-10-15(22)8-9-18(14)25-19/h5-10,12-13,19H,11H2,1-4H3,(H,23,24). The number of halogens is 1. The minimum Gasteiger partial charge on any atom is -0.480 e. The van der Waals surface area contributed by atoms with Crippen LogP contribution in [-0.4, -0.2) is 12.0 Å². The second kappa shape index (κ2) is 7.09. The van der Waals surface area contributed by atoms with Crippen LogP contribution in [0.15, 0.2) is 36.4 Å².